The molecule has 5 heteroatoms. The van der Waals surface area contributed by atoms with Gasteiger partial charge in [-0.15, -0.1) is 0 Å². The van der Waals surface area contributed by atoms with Crippen molar-refractivity contribution in [3.8, 4) is 11.3 Å². The number of hydrogen-bond acceptors (Lipinski definition) is 3. The number of nitrogens with zero attached hydrogens (tertiary/aromatic N) is 1. The fraction of sp³-hybridized carbons (Fsp3) is 0.217. The Labute approximate surface area is 163 Å². The molecule has 0 saturated heterocycles. The number of aromatic nitrogens is 3. The van der Waals surface area contributed by atoms with Gasteiger partial charge in [-0.05, 0) is 36.1 Å². The van der Waals surface area contributed by atoms with Crippen LogP contribution >= 0.6 is 0 Å². The van der Waals surface area contributed by atoms with Gasteiger partial charge in [-0.2, -0.15) is 0 Å². The number of carbonyl (C=O) groups is 1. The van der Waals surface area contributed by atoms with E-state index in [1.54, 1.807) is 6.20 Å². The molecule has 0 bridgehead atoms. The van der Waals surface area contributed by atoms with Gasteiger partial charge in [0.15, 0.2) is 5.78 Å². The number of pyridine rings is 1. The van der Waals surface area contributed by atoms with Crippen LogP contribution in [-0.4, -0.2) is 20.7 Å². The van der Waals surface area contributed by atoms with Crippen LogP contribution in [0.5, 0.6) is 0 Å². The molecule has 0 saturated carbocycles. The second-order valence-corrected chi connectivity index (χ2v) is 8.26. The van der Waals surface area contributed by atoms with Crippen molar-refractivity contribution in [1.29, 1.82) is 0 Å². The fourth-order valence-corrected chi connectivity index (χ4v) is 4.23. The molecule has 0 radical (unpaired) electrons. The number of rotatable bonds is 3. The summed E-state index contributed by atoms with van der Waals surface area (Å²) in [5, 5.41) is 4.54. The molecular formula is C23H22N4O. The predicted octanol–water partition coefficient (Wildman–Crippen LogP) is 5.46. The maximum atomic E-state index is 13.1. The van der Waals surface area contributed by atoms with Gasteiger partial charge in [0, 0.05) is 41.1 Å². The zero-order valence-corrected chi connectivity index (χ0v) is 16.0. The molecule has 5 rings (SSSR count). The Morgan fingerprint density at radius 3 is 2.71 bits per heavy atom. The number of ketones is 1. The summed E-state index contributed by atoms with van der Waals surface area (Å²) in [7, 11) is 0. The van der Waals surface area contributed by atoms with Crippen LogP contribution < -0.4 is 5.32 Å². The molecule has 3 aromatic heterocycles. The van der Waals surface area contributed by atoms with Gasteiger partial charge in [0.25, 0.3) is 0 Å². The highest BCUT2D eigenvalue weighted by molar-refractivity contribution is 6.09. The number of para-hydroxylation sites is 1. The molecule has 1 aliphatic rings. The molecule has 5 nitrogen and oxygen atoms in total. The van der Waals surface area contributed by atoms with Crippen molar-refractivity contribution in [2.75, 3.05) is 5.32 Å². The molecule has 0 spiro atoms. The van der Waals surface area contributed by atoms with E-state index < -0.39 is 0 Å². The first-order valence-corrected chi connectivity index (χ1v) is 9.54. The van der Waals surface area contributed by atoms with Crippen molar-refractivity contribution >= 4 is 28.2 Å². The van der Waals surface area contributed by atoms with E-state index in [0.29, 0.717) is 6.42 Å². The Hall–Kier alpha value is -3.34. The maximum absolute atomic E-state index is 13.1. The first-order chi connectivity index (χ1) is 13.5. The summed E-state index contributed by atoms with van der Waals surface area (Å²) in [4.78, 5) is 24.2. The fourth-order valence-electron chi connectivity index (χ4n) is 4.23. The van der Waals surface area contributed by atoms with E-state index in [2.05, 4.69) is 34.1 Å². The lowest BCUT2D eigenvalue weighted by molar-refractivity contribution is 0.0912. The SMILES string of the molecule is CC1(C)CC(=O)c2c([nH]c(-c3ccnc4[nH]ccc34)c2Nc2ccccc2)C1. The summed E-state index contributed by atoms with van der Waals surface area (Å²) in [6, 6.07) is 14.0. The monoisotopic (exact) mass is 370 g/mol. The van der Waals surface area contributed by atoms with Gasteiger partial charge >= 0.3 is 0 Å². The van der Waals surface area contributed by atoms with Crippen molar-refractivity contribution in [2.24, 2.45) is 5.41 Å². The molecule has 140 valence electrons. The Bertz CT molecular complexity index is 1180. The smallest absolute Gasteiger partial charge is 0.167 e. The highest BCUT2D eigenvalue weighted by atomic mass is 16.1. The first-order valence-electron chi connectivity index (χ1n) is 9.54. The lowest BCUT2D eigenvalue weighted by atomic mass is 9.76. The van der Waals surface area contributed by atoms with Crippen LogP contribution in [0.15, 0.2) is 54.9 Å². The van der Waals surface area contributed by atoms with Crippen molar-refractivity contribution in [3.63, 3.8) is 0 Å². The highest BCUT2D eigenvalue weighted by Gasteiger charge is 2.36. The number of Topliss-reactive ketones (excluding diaryl/α,β-unsaturated/α-hetero) is 1. The summed E-state index contributed by atoms with van der Waals surface area (Å²) < 4.78 is 0. The molecule has 28 heavy (non-hydrogen) atoms. The maximum Gasteiger partial charge on any atom is 0.167 e. The van der Waals surface area contributed by atoms with E-state index >= 15 is 0 Å². The normalized spacial score (nSPS) is 15.6. The average Bonchev–Trinajstić information content (AvgIpc) is 3.26. The van der Waals surface area contributed by atoms with Gasteiger partial charge < -0.3 is 15.3 Å². The molecule has 4 aromatic rings. The molecular weight excluding hydrogens is 348 g/mol. The second kappa shape index (κ2) is 6.09. The molecule has 0 atom stereocenters. The van der Waals surface area contributed by atoms with Gasteiger partial charge in [0.05, 0.1) is 16.9 Å². The summed E-state index contributed by atoms with van der Waals surface area (Å²) in [5.74, 6) is 0.187. The zero-order chi connectivity index (χ0) is 19.3. The largest absolute Gasteiger partial charge is 0.356 e. The van der Waals surface area contributed by atoms with E-state index in [-0.39, 0.29) is 11.2 Å². The minimum absolute atomic E-state index is 0.0438. The molecule has 0 unspecified atom stereocenters. The van der Waals surface area contributed by atoms with Crippen LogP contribution in [0.2, 0.25) is 0 Å². The van der Waals surface area contributed by atoms with Crippen molar-refractivity contribution in [1.82, 2.24) is 15.0 Å². The summed E-state index contributed by atoms with van der Waals surface area (Å²) in [6.45, 7) is 4.30. The Kier molecular flexibility index (Phi) is 3.66. The van der Waals surface area contributed by atoms with E-state index in [0.717, 1.165) is 51.3 Å². The minimum atomic E-state index is -0.0438. The van der Waals surface area contributed by atoms with Gasteiger partial charge in [0.1, 0.15) is 5.65 Å². The molecule has 1 aliphatic carbocycles. The number of aromatic amines is 2. The zero-order valence-electron chi connectivity index (χ0n) is 16.0. The van der Waals surface area contributed by atoms with Crippen LogP contribution in [0.25, 0.3) is 22.3 Å². The van der Waals surface area contributed by atoms with Gasteiger partial charge in [0.2, 0.25) is 0 Å². The average molecular weight is 370 g/mol. The number of benzene rings is 1. The Morgan fingerprint density at radius 1 is 1.07 bits per heavy atom. The molecule has 1 aromatic carbocycles. The van der Waals surface area contributed by atoms with Crippen molar-refractivity contribution < 1.29 is 4.79 Å². The number of hydrogen-bond donors (Lipinski definition) is 3. The summed E-state index contributed by atoms with van der Waals surface area (Å²) in [6.07, 6.45) is 5.09. The van der Waals surface area contributed by atoms with Crippen LogP contribution in [0.4, 0.5) is 11.4 Å². The molecule has 0 fully saturated rings. The van der Waals surface area contributed by atoms with E-state index in [1.165, 1.54) is 0 Å². The quantitative estimate of drug-likeness (QED) is 0.448. The number of anilines is 2. The number of nitrogens with one attached hydrogen (secondary N) is 3. The van der Waals surface area contributed by atoms with Gasteiger partial charge in [-0.1, -0.05) is 32.0 Å². The Balaban J connectivity index is 1.75. The third-order valence-corrected chi connectivity index (χ3v) is 5.42. The summed E-state index contributed by atoms with van der Waals surface area (Å²) in [5.41, 5.74) is 6.38. The number of fused-ring (bicyclic) bond motifs is 2. The van der Waals surface area contributed by atoms with E-state index in [4.69, 9.17) is 0 Å². The summed E-state index contributed by atoms with van der Waals surface area (Å²) >= 11 is 0. The highest BCUT2D eigenvalue weighted by Crippen LogP contribution is 2.44. The lowest BCUT2D eigenvalue weighted by Crippen LogP contribution is -2.26. The topological polar surface area (TPSA) is 73.6 Å². The third kappa shape index (κ3) is 2.71. The third-order valence-electron chi connectivity index (χ3n) is 5.42. The van der Waals surface area contributed by atoms with Crippen LogP contribution in [0, 0.1) is 5.41 Å². The molecule has 0 aliphatic heterocycles. The van der Waals surface area contributed by atoms with Crippen LogP contribution in [-0.2, 0) is 6.42 Å². The molecule has 3 heterocycles. The van der Waals surface area contributed by atoms with E-state index in [9.17, 15) is 4.79 Å². The van der Waals surface area contributed by atoms with Gasteiger partial charge in [-0.3, -0.25) is 4.79 Å². The molecule has 0 amide bonds. The number of carbonyl (C=O) groups excluding carboxylic acids is 1. The van der Waals surface area contributed by atoms with Crippen molar-refractivity contribution in [2.45, 2.75) is 26.7 Å². The predicted molar refractivity (Wildman–Crippen MR) is 112 cm³/mol. The van der Waals surface area contributed by atoms with Gasteiger partial charge in [-0.25, -0.2) is 4.98 Å². The van der Waals surface area contributed by atoms with Crippen molar-refractivity contribution in [3.05, 3.63) is 66.1 Å². The number of H-pyrrole nitrogens is 2. The Morgan fingerprint density at radius 2 is 1.89 bits per heavy atom. The first kappa shape index (κ1) is 16.8. The minimum Gasteiger partial charge on any atom is -0.356 e. The standard InChI is InChI=1S/C23H22N4O/c1-23(2)12-17-19(18(28)13-23)21(26-14-6-4-3-5-7-14)20(27-17)15-8-10-24-22-16(15)9-11-25-22/h3-11,26-27H,12-13H2,1-2H3,(H,24,25). The van der Waals surface area contributed by atoms with Crippen LogP contribution in [0.3, 0.4) is 0 Å². The van der Waals surface area contributed by atoms with E-state index in [1.807, 2.05) is 48.7 Å². The molecule has 3 N–H and O–H groups in total. The lowest BCUT2D eigenvalue weighted by Gasteiger charge is -2.28. The second-order valence-electron chi connectivity index (χ2n) is 8.26. The van der Waals surface area contributed by atoms with Crippen LogP contribution in [0.1, 0.15) is 36.3 Å².